The minimum Gasteiger partial charge on any atom is -0.337 e. The van der Waals surface area contributed by atoms with E-state index >= 15 is 0 Å². The third kappa shape index (κ3) is 3.04. The number of aryl methyl sites for hydroxylation is 2. The van der Waals surface area contributed by atoms with Crippen molar-refractivity contribution < 1.29 is 0 Å². The molecule has 0 spiro atoms. The second-order valence-corrected chi connectivity index (χ2v) is 5.19. The van der Waals surface area contributed by atoms with E-state index in [0.717, 1.165) is 32.6 Å². The molecule has 2 aromatic rings. The predicted octanol–water partition coefficient (Wildman–Crippen LogP) is 1.64. The molecular weight excluding hydrogens is 238 g/mol. The fourth-order valence-electron chi connectivity index (χ4n) is 2.82. The van der Waals surface area contributed by atoms with Crippen LogP contribution >= 0.6 is 0 Å². The van der Waals surface area contributed by atoms with Gasteiger partial charge in [0.1, 0.15) is 0 Å². The highest BCUT2D eigenvalue weighted by Crippen LogP contribution is 2.24. The van der Waals surface area contributed by atoms with Crippen molar-refractivity contribution in [2.24, 2.45) is 0 Å². The molecule has 0 aromatic carbocycles. The zero-order valence-electron chi connectivity index (χ0n) is 11.2. The topological polar surface area (TPSA) is 47.7 Å². The Bertz CT molecular complexity index is 482. The van der Waals surface area contributed by atoms with Gasteiger partial charge in [-0.1, -0.05) is 0 Å². The first-order valence-electron chi connectivity index (χ1n) is 7.10. The lowest BCUT2D eigenvalue weighted by Crippen LogP contribution is -2.27. The number of piperidine rings is 1. The number of hydrogen-bond donors (Lipinski definition) is 1. The Morgan fingerprint density at radius 3 is 2.84 bits per heavy atom. The van der Waals surface area contributed by atoms with Crippen LogP contribution in [0.2, 0.25) is 0 Å². The second kappa shape index (κ2) is 6.02. The van der Waals surface area contributed by atoms with Gasteiger partial charge in [0.2, 0.25) is 0 Å². The van der Waals surface area contributed by atoms with Crippen molar-refractivity contribution in [1.29, 1.82) is 0 Å². The van der Waals surface area contributed by atoms with Gasteiger partial charge in [-0.15, -0.1) is 0 Å². The number of imidazole rings is 2. The van der Waals surface area contributed by atoms with Crippen LogP contribution < -0.4 is 5.32 Å². The van der Waals surface area contributed by atoms with Gasteiger partial charge in [0.05, 0.1) is 12.7 Å². The van der Waals surface area contributed by atoms with E-state index in [2.05, 4.69) is 24.4 Å². The van der Waals surface area contributed by atoms with Crippen molar-refractivity contribution in [3.63, 3.8) is 0 Å². The van der Waals surface area contributed by atoms with Crippen molar-refractivity contribution in [3.05, 3.63) is 36.9 Å². The third-order valence-corrected chi connectivity index (χ3v) is 3.88. The van der Waals surface area contributed by atoms with Crippen LogP contribution in [0.3, 0.4) is 0 Å². The summed E-state index contributed by atoms with van der Waals surface area (Å²) in [4.78, 5) is 8.40. The predicted molar refractivity (Wildman–Crippen MR) is 73.9 cm³/mol. The highest BCUT2D eigenvalue weighted by molar-refractivity contribution is 5.07. The van der Waals surface area contributed by atoms with Crippen molar-refractivity contribution >= 4 is 0 Å². The molecule has 3 heterocycles. The Hall–Kier alpha value is -1.62. The summed E-state index contributed by atoms with van der Waals surface area (Å²) in [5.41, 5.74) is 1.41. The van der Waals surface area contributed by atoms with Crippen LogP contribution in [0.5, 0.6) is 0 Å². The number of nitrogens with one attached hydrogen (secondary N) is 1. The molecule has 1 aliphatic heterocycles. The van der Waals surface area contributed by atoms with E-state index in [0.29, 0.717) is 5.92 Å². The first kappa shape index (κ1) is 12.4. The first-order valence-corrected chi connectivity index (χ1v) is 7.10. The molecule has 5 heteroatoms. The van der Waals surface area contributed by atoms with Crippen LogP contribution in [0.1, 0.15) is 30.9 Å². The summed E-state index contributed by atoms with van der Waals surface area (Å²) in [7, 11) is 0. The third-order valence-electron chi connectivity index (χ3n) is 3.88. The van der Waals surface area contributed by atoms with Gasteiger partial charge >= 0.3 is 0 Å². The van der Waals surface area contributed by atoms with Crippen molar-refractivity contribution in [2.45, 2.75) is 38.3 Å². The van der Waals surface area contributed by atoms with E-state index in [4.69, 9.17) is 0 Å². The average Bonchev–Trinajstić information content (AvgIpc) is 3.11. The molecule has 0 aliphatic carbocycles. The standard InChI is InChI=1S/C14H21N5/c1(7-18-9-6-16-11-18)8-19-12-17-10-14(19)13-2-4-15-5-3-13/h6,9-13,15H,1-5,7-8H2. The van der Waals surface area contributed by atoms with Crippen molar-refractivity contribution in [3.8, 4) is 0 Å². The normalized spacial score (nSPS) is 16.8. The Balaban J connectivity index is 1.57. The lowest BCUT2D eigenvalue weighted by atomic mass is 9.95. The maximum atomic E-state index is 4.34. The summed E-state index contributed by atoms with van der Waals surface area (Å²) in [6.45, 7) is 4.32. The van der Waals surface area contributed by atoms with E-state index in [1.807, 2.05) is 31.2 Å². The van der Waals surface area contributed by atoms with E-state index in [1.165, 1.54) is 18.5 Å². The highest BCUT2D eigenvalue weighted by atomic mass is 15.1. The number of nitrogens with zero attached hydrogens (tertiary/aromatic N) is 4. The number of rotatable bonds is 5. The van der Waals surface area contributed by atoms with Gasteiger partial charge in [-0.2, -0.15) is 0 Å². The summed E-state index contributed by atoms with van der Waals surface area (Å²) < 4.78 is 4.45. The molecule has 3 rings (SSSR count). The highest BCUT2D eigenvalue weighted by Gasteiger charge is 2.18. The molecule has 1 aliphatic rings. The molecule has 102 valence electrons. The van der Waals surface area contributed by atoms with E-state index in [-0.39, 0.29) is 0 Å². The summed E-state index contributed by atoms with van der Waals surface area (Å²) in [5, 5.41) is 3.42. The Morgan fingerprint density at radius 2 is 2.05 bits per heavy atom. The van der Waals surface area contributed by atoms with Crippen molar-refractivity contribution in [2.75, 3.05) is 13.1 Å². The minimum atomic E-state index is 0.678. The summed E-state index contributed by atoms with van der Waals surface area (Å²) in [6.07, 6.45) is 13.3. The maximum Gasteiger partial charge on any atom is 0.0948 e. The van der Waals surface area contributed by atoms with Gasteiger partial charge in [0.15, 0.2) is 0 Å². The monoisotopic (exact) mass is 259 g/mol. The molecule has 0 saturated carbocycles. The van der Waals surface area contributed by atoms with Crippen LogP contribution in [0.15, 0.2) is 31.2 Å². The lowest BCUT2D eigenvalue weighted by Gasteiger charge is -2.23. The summed E-state index contributed by atoms with van der Waals surface area (Å²) in [6, 6.07) is 0. The Morgan fingerprint density at radius 1 is 1.16 bits per heavy atom. The molecule has 19 heavy (non-hydrogen) atoms. The maximum absolute atomic E-state index is 4.34. The first-order chi connectivity index (χ1) is 9.43. The van der Waals surface area contributed by atoms with Gasteiger partial charge in [-0.05, 0) is 32.4 Å². The van der Waals surface area contributed by atoms with Crippen LogP contribution in [0, 0.1) is 0 Å². The summed E-state index contributed by atoms with van der Waals surface area (Å²) >= 11 is 0. The van der Waals surface area contributed by atoms with Crippen LogP contribution in [-0.2, 0) is 13.1 Å². The second-order valence-electron chi connectivity index (χ2n) is 5.19. The molecule has 0 radical (unpaired) electrons. The minimum absolute atomic E-state index is 0.678. The molecule has 1 saturated heterocycles. The lowest BCUT2D eigenvalue weighted by molar-refractivity contribution is 0.433. The van der Waals surface area contributed by atoms with Crippen molar-refractivity contribution in [1.82, 2.24) is 24.4 Å². The zero-order valence-corrected chi connectivity index (χ0v) is 11.2. The largest absolute Gasteiger partial charge is 0.337 e. The van der Waals surface area contributed by atoms with Crippen LogP contribution in [-0.4, -0.2) is 32.2 Å². The fourth-order valence-corrected chi connectivity index (χ4v) is 2.82. The molecule has 1 N–H and O–H groups in total. The zero-order chi connectivity index (χ0) is 12.9. The van der Waals surface area contributed by atoms with Crippen LogP contribution in [0.25, 0.3) is 0 Å². The fraction of sp³-hybridized carbons (Fsp3) is 0.571. The SMILES string of the molecule is c1cn(CCCn2cncc2C2CCNCC2)cn1. The van der Waals surface area contributed by atoms with Gasteiger partial charge in [-0.3, -0.25) is 0 Å². The Labute approximate surface area is 113 Å². The van der Waals surface area contributed by atoms with Crippen LogP contribution in [0.4, 0.5) is 0 Å². The van der Waals surface area contributed by atoms with E-state index < -0.39 is 0 Å². The molecular formula is C14H21N5. The molecule has 0 bridgehead atoms. The Kier molecular flexibility index (Phi) is 3.93. The average molecular weight is 259 g/mol. The molecule has 0 atom stereocenters. The smallest absolute Gasteiger partial charge is 0.0948 e. The molecule has 1 fully saturated rings. The molecule has 5 nitrogen and oxygen atoms in total. The molecule has 0 amide bonds. The van der Waals surface area contributed by atoms with Gasteiger partial charge in [0.25, 0.3) is 0 Å². The van der Waals surface area contributed by atoms with Gasteiger partial charge < -0.3 is 14.5 Å². The van der Waals surface area contributed by atoms with E-state index in [9.17, 15) is 0 Å². The number of aromatic nitrogens is 4. The van der Waals surface area contributed by atoms with Gasteiger partial charge in [-0.25, -0.2) is 9.97 Å². The molecule has 0 unspecified atom stereocenters. The molecule has 2 aromatic heterocycles. The summed E-state index contributed by atoms with van der Waals surface area (Å²) in [5.74, 6) is 0.678. The van der Waals surface area contributed by atoms with E-state index in [1.54, 1.807) is 0 Å². The van der Waals surface area contributed by atoms with Gasteiger partial charge in [0, 0.05) is 43.3 Å². The number of hydrogen-bond acceptors (Lipinski definition) is 3. The quantitative estimate of drug-likeness (QED) is 0.888.